The fraction of sp³-hybridized carbons (Fsp3) is 0.400. The summed E-state index contributed by atoms with van der Waals surface area (Å²) in [7, 11) is 0. The van der Waals surface area contributed by atoms with Crippen LogP contribution in [0.3, 0.4) is 0 Å². The lowest BCUT2D eigenvalue weighted by Crippen LogP contribution is -2.33. The van der Waals surface area contributed by atoms with Gasteiger partial charge >= 0.3 is 0 Å². The summed E-state index contributed by atoms with van der Waals surface area (Å²) in [4.78, 5) is 20.7. The first kappa shape index (κ1) is 14.7. The van der Waals surface area contributed by atoms with Gasteiger partial charge in [0, 0.05) is 17.6 Å². The average Bonchev–Trinajstić information content (AvgIpc) is 2.88. The second-order valence-corrected chi connectivity index (χ2v) is 6.12. The van der Waals surface area contributed by atoms with Crippen LogP contribution in [0.25, 0.3) is 10.7 Å². The molecule has 0 saturated heterocycles. The van der Waals surface area contributed by atoms with Gasteiger partial charge in [-0.05, 0) is 31.4 Å². The van der Waals surface area contributed by atoms with Crippen molar-refractivity contribution in [2.45, 2.75) is 33.2 Å². The van der Waals surface area contributed by atoms with Crippen LogP contribution in [0.1, 0.15) is 37.7 Å². The molecule has 0 saturated carbocycles. The van der Waals surface area contributed by atoms with Crippen molar-refractivity contribution < 1.29 is 4.79 Å². The number of nitrogens with one attached hydrogen (secondary N) is 1. The Morgan fingerprint density at radius 2 is 2.15 bits per heavy atom. The van der Waals surface area contributed by atoms with E-state index < -0.39 is 0 Å². The Kier molecular flexibility index (Phi) is 4.84. The third-order valence-electron chi connectivity index (χ3n) is 2.82. The number of thiazole rings is 1. The van der Waals surface area contributed by atoms with Crippen LogP contribution in [-0.4, -0.2) is 21.9 Å². The molecule has 106 valence electrons. The zero-order valence-electron chi connectivity index (χ0n) is 12.0. The Morgan fingerprint density at radius 3 is 2.80 bits per heavy atom. The maximum Gasteiger partial charge on any atom is 0.270 e. The summed E-state index contributed by atoms with van der Waals surface area (Å²) in [5.41, 5.74) is 1.26. The monoisotopic (exact) mass is 289 g/mol. The summed E-state index contributed by atoms with van der Waals surface area (Å²) in [5.74, 6) is 0.446. The number of nitrogens with zero attached hydrogens (tertiary/aromatic N) is 2. The number of hydrogen-bond donors (Lipinski definition) is 1. The molecular formula is C15H19N3OS. The van der Waals surface area contributed by atoms with Crippen molar-refractivity contribution in [3.8, 4) is 10.7 Å². The van der Waals surface area contributed by atoms with E-state index in [1.54, 1.807) is 11.6 Å². The molecule has 0 aliphatic carbocycles. The number of aromatic nitrogens is 2. The summed E-state index contributed by atoms with van der Waals surface area (Å²) in [6, 6.07) is 5.82. The first-order valence-electron chi connectivity index (χ1n) is 6.74. The summed E-state index contributed by atoms with van der Waals surface area (Å²) in [6.45, 7) is 6.30. The molecule has 0 bridgehead atoms. The first-order valence-corrected chi connectivity index (χ1v) is 7.62. The zero-order chi connectivity index (χ0) is 14.5. The predicted octanol–water partition coefficient (Wildman–Crippen LogP) is 3.37. The van der Waals surface area contributed by atoms with Crippen LogP contribution in [0, 0.1) is 5.92 Å². The molecule has 2 aromatic rings. The van der Waals surface area contributed by atoms with E-state index in [0.29, 0.717) is 11.6 Å². The van der Waals surface area contributed by atoms with Crippen LogP contribution in [0.5, 0.6) is 0 Å². The van der Waals surface area contributed by atoms with Crippen LogP contribution in [0.15, 0.2) is 29.8 Å². The van der Waals surface area contributed by atoms with Crippen molar-refractivity contribution in [1.29, 1.82) is 0 Å². The standard InChI is InChI=1S/C15H19N3OS/c1-10(2)8-11(3)17-14(19)13-9-20-15(18-13)12-6-4-5-7-16-12/h4-7,9-11H,8H2,1-3H3,(H,17,19). The van der Waals surface area contributed by atoms with Gasteiger partial charge in [0.25, 0.3) is 5.91 Å². The molecule has 0 aliphatic rings. The molecule has 4 nitrogen and oxygen atoms in total. The van der Waals surface area contributed by atoms with Crippen LogP contribution >= 0.6 is 11.3 Å². The van der Waals surface area contributed by atoms with E-state index >= 15 is 0 Å². The summed E-state index contributed by atoms with van der Waals surface area (Å²) in [6.07, 6.45) is 2.68. The van der Waals surface area contributed by atoms with E-state index in [4.69, 9.17) is 0 Å². The van der Waals surface area contributed by atoms with Gasteiger partial charge in [-0.15, -0.1) is 11.3 Å². The number of carbonyl (C=O) groups is 1. The molecule has 0 aromatic carbocycles. The number of carbonyl (C=O) groups excluding carboxylic acids is 1. The Morgan fingerprint density at radius 1 is 1.35 bits per heavy atom. The third kappa shape index (κ3) is 3.87. The van der Waals surface area contributed by atoms with E-state index in [1.165, 1.54) is 11.3 Å². The normalized spacial score (nSPS) is 12.4. The lowest BCUT2D eigenvalue weighted by Gasteiger charge is -2.14. The Hall–Kier alpha value is -1.75. The minimum atomic E-state index is -0.114. The van der Waals surface area contributed by atoms with Crippen LogP contribution in [-0.2, 0) is 0 Å². The Labute approximate surface area is 123 Å². The molecule has 0 radical (unpaired) electrons. The summed E-state index contributed by atoms with van der Waals surface area (Å²) < 4.78 is 0. The maximum absolute atomic E-state index is 12.1. The van der Waals surface area contributed by atoms with E-state index in [2.05, 4.69) is 29.1 Å². The van der Waals surface area contributed by atoms with Crippen LogP contribution < -0.4 is 5.32 Å². The van der Waals surface area contributed by atoms with Crippen molar-refractivity contribution >= 4 is 17.2 Å². The second-order valence-electron chi connectivity index (χ2n) is 5.26. The van der Waals surface area contributed by atoms with Gasteiger partial charge in [0.2, 0.25) is 0 Å². The average molecular weight is 289 g/mol. The topological polar surface area (TPSA) is 54.9 Å². The Bertz CT molecular complexity index is 566. The van der Waals surface area contributed by atoms with Crippen molar-refractivity contribution in [2.75, 3.05) is 0 Å². The number of rotatable bonds is 5. The molecular weight excluding hydrogens is 270 g/mol. The van der Waals surface area contributed by atoms with Gasteiger partial charge in [0.1, 0.15) is 10.7 Å². The second kappa shape index (κ2) is 6.61. The molecule has 0 aliphatic heterocycles. The van der Waals surface area contributed by atoms with Gasteiger partial charge < -0.3 is 5.32 Å². The predicted molar refractivity (Wildman–Crippen MR) is 81.7 cm³/mol. The van der Waals surface area contributed by atoms with Crippen LogP contribution in [0.2, 0.25) is 0 Å². The molecule has 1 unspecified atom stereocenters. The van der Waals surface area contributed by atoms with E-state index in [-0.39, 0.29) is 11.9 Å². The molecule has 1 N–H and O–H groups in total. The molecule has 20 heavy (non-hydrogen) atoms. The van der Waals surface area contributed by atoms with E-state index in [0.717, 1.165) is 17.1 Å². The fourth-order valence-electron chi connectivity index (χ4n) is 2.05. The minimum Gasteiger partial charge on any atom is -0.348 e. The van der Waals surface area contributed by atoms with Gasteiger partial charge in [0.15, 0.2) is 0 Å². The van der Waals surface area contributed by atoms with Gasteiger partial charge in [-0.2, -0.15) is 0 Å². The van der Waals surface area contributed by atoms with Gasteiger partial charge in [-0.25, -0.2) is 4.98 Å². The van der Waals surface area contributed by atoms with Crippen molar-refractivity contribution in [2.24, 2.45) is 5.92 Å². The molecule has 0 fully saturated rings. The highest BCUT2D eigenvalue weighted by atomic mass is 32.1. The first-order chi connectivity index (χ1) is 9.56. The third-order valence-corrected chi connectivity index (χ3v) is 3.69. The highest BCUT2D eigenvalue weighted by Gasteiger charge is 2.15. The van der Waals surface area contributed by atoms with Crippen molar-refractivity contribution in [3.63, 3.8) is 0 Å². The Balaban J connectivity index is 2.04. The maximum atomic E-state index is 12.1. The molecule has 2 rings (SSSR count). The largest absolute Gasteiger partial charge is 0.348 e. The number of pyridine rings is 1. The SMILES string of the molecule is CC(C)CC(C)NC(=O)c1csc(-c2ccccn2)n1. The molecule has 5 heteroatoms. The highest BCUT2D eigenvalue weighted by Crippen LogP contribution is 2.21. The smallest absolute Gasteiger partial charge is 0.270 e. The van der Waals surface area contributed by atoms with Gasteiger partial charge in [0.05, 0.1) is 5.69 Å². The number of hydrogen-bond acceptors (Lipinski definition) is 4. The molecule has 1 atom stereocenters. The lowest BCUT2D eigenvalue weighted by molar-refractivity contribution is 0.0932. The van der Waals surface area contributed by atoms with Crippen molar-refractivity contribution in [1.82, 2.24) is 15.3 Å². The number of amides is 1. The van der Waals surface area contributed by atoms with E-state index in [9.17, 15) is 4.79 Å². The zero-order valence-corrected chi connectivity index (χ0v) is 12.8. The van der Waals surface area contributed by atoms with Gasteiger partial charge in [-0.1, -0.05) is 19.9 Å². The summed E-state index contributed by atoms with van der Waals surface area (Å²) >= 11 is 1.44. The fourth-order valence-corrected chi connectivity index (χ4v) is 2.82. The molecule has 1 amide bonds. The highest BCUT2D eigenvalue weighted by molar-refractivity contribution is 7.13. The van der Waals surface area contributed by atoms with Crippen LogP contribution in [0.4, 0.5) is 0 Å². The quantitative estimate of drug-likeness (QED) is 0.918. The minimum absolute atomic E-state index is 0.114. The lowest BCUT2D eigenvalue weighted by atomic mass is 10.1. The molecule has 0 spiro atoms. The summed E-state index contributed by atoms with van der Waals surface area (Å²) in [5, 5.41) is 5.53. The van der Waals surface area contributed by atoms with E-state index in [1.807, 2.05) is 25.1 Å². The van der Waals surface area contributed by atoms with Crippen molar-refractivity contribution in [3.05, 3.63) is 35.5 Å². The molecule has 2 heterocycles. The van der Waals surface area contributed by atoms with Gasteiger partial charge in [-0.3, -0.25) is 9.78 Å². The molecule has 2 aromatic heterocycles.